The van der Waals surface area contributed by atoms with Crippen LogP contribution in [0.1, 0.15) is 9.60 Å². The van der Waals surface area contributed by atoms with E-state index in [1.165, 1.54) is 15.6 Å². The summed E-state index contributed by atoms with van der Waals surface area (Å²) in [6, 6.07) is 67.6. The van der Waals surface area contributed by atoms with Gasteiger partial charge in [0, 0.05) is 32.7 Å². The minimum absolute atomic E-state index is 0.110. The highest BCUT2D eigenvalue weighted by molar-refractivity contribution is 7.20. The number of hydrogen-bond donors (Lipinski definition) is 0. The molecule has 296 valence electrons. The predicted octanol–water partition coefficient (Wildman–Crippen LogP) is 13.1. The molecule has 0 fully saturated rings. The van der Waals surface area contributed by atoms with E-state index < -0.39 is 20.2 Å². The normalized spacial score (nSPS) is 13.4. The van der Waals surface area contributed by atoms with E-state index >= 15 is 0 Å². The number of nitrogens with zero attached hydrogens (tertiary/aromatic N) is 1. The third kappa shape index (κ3) is 6.00. The molecule has 2 nitrogen and oxygen atoms in total. The quantitative estimate of drug-likeness (QED) is 0.110. The number of hydrogen-bond acceptors (Lipinski definition) is 1. The fourth-order valence-electron chi connectivity index (χ4n) is 9.60. The van der Waals surface area contributed by atoms with Crippen molar-refractivity contribution in [3.63, 3.8) is 0 Å². The van der Waals surface area contributed by atoms with Crippen LogP contribution in [-0.4, -0.2) is 12.6 Å². The van der Waals surface area contributed by atoms with Gasteiger partial charge in [0.1, 0.15) is 11.2 Å². The third-order valence-electron chi connectivity index (χ3n) is 12.4. The summed E-state index contributed by atoms with van der Waals surface area (Å²) >= 11 is 0. The molecular weight excluding hydrogens is 779 g/mol. The maximum absolute atomic E-state index is 10.1. The maximum atomic E-state index is 10.1. The predicted molar refractivity (Wildman–Crippen MR) is 268 cm³/mol. The SMILES string of the molecule is [2H]c1c([2H])c([2H])c2c(c1[2H])c1c([2H])c(-c3ccc4oc5ccccc5c4c3)c([2H])c([2H])c1n2-c1c(-c2ccccc2)cc([Si](c2ccccc2)(c2ccccc2)c2ccccc2)cc1-c1ccccc1. The standard InChI is InChI=1S/C60H41NOSi/c1-6-20-42(21-7-1)52-40-49(63(46-24-10-3-11-25-46,47-26-12-4-13-27-47)48-28-14-5-15-29-48)41-53(43-22-8-2-9-23-43)60(52)61-56-32-18-16-30-50(56)54-38-44(34-36-57(54)61)45-35-37-59-55(39-45)51-31-17-19-33-58(51)62-59/h1-41H/i16D,18D,30D,32D,34D,36D,38D. The summed E-state index contributed by atoms with van der Waals surface area (Å²) in [5.41, 5.74) is 6.06. The zero-order valence-corrected chi connectivity index (χ0v) is 35.0. The molecule has 2 heterocycles. The van der Waals surface area contributed by atoms with Gasteiger partial charge in [-0.3, -0.25) is 0 Å². The molecule has 0 amide bonds. The van der Waals surface area contributed by atoms with Gasteiger partial charge in [0.2, 0.25) is 0 Å². The van der Waals surface area contributed by atoms with Gasteiger partial charge in [0.15, 0.2) is 8.07 Å². The summed E-state index contributed by atoms with van der Waals surface area (Å²) < 4.78 is 75.5. The lowest BCUT2D eigenvalue weighted by Crippen LogP contribution is -2.74. The van der Waals surface area contributed by atoms with Crippen LogP contribution in [0, 0.1) is 0 Å². The van der Waals surface area contributed by atoms with Gasteiger partial charge in [-0.2, -0.15) is 0 Å². The summed E-state index contributed by atoms with van der Waals surface area (Å²) in [6.07, 6.45) is 0. The van der Waals surface area contributed by atoms with Crippen molar-refractivity contribution in [3.05, 3.63) is 249 Å². The monoisotopic (exact) mass is 826 g/mol. The van der Waals surface area contributed by atoms with Crippen LogP contribution in [0.4, 0.5) is 0 Å². The number of para-hydroxylation sites is 2. The zero-order valence-electron chi connectivity index (χ0n) is 41.0. The van der Waals surface area contributed by atoms with Crippen molar-refractivity contribution in [2.75, 3.05) is 0 Å². The number of furan rings is 1. The number of benzene rings is 10. The Bertz CT molecular complexity index is 3850. The first-order chi connectivity index (χ1) is 34.2. The van der Waals surface area contributed by atoms with E-state index in [0.29, 0.717) is 22.4 Å². The van der Waals surface area contributed by atoms with Crippen LogP contribution in [0.3, 0.4) is 0 Å². The highest BCUT2D eigenvalue weighted by Crippen LogP contribution is 2.43. The lowest BCUT2D eigenvalue weighted by atomic mass is 9.95. The van der Waals surface area contributed by atoms with Gasteiger partial charge in [0.25, 0.3) is 0 Å². The Labute approximate surface area is 377 Å². The second-order valence-electron chi connectivity index (χ2n) is 15.8. The van der Waals surface area contributed by atoms with Crippen LogP contribution < -0.4 is 20.7 Å². The molecule has 0 unspecified atom stereocenters. The lowest BCUT2D eigenvalue weighted by Gasteiger charge is -2.36. The molecule has 0 atom stereocenters. The lowest BCUT2D eigenvalue weighted by molar-refractivity contribution is 0.669. The minimum atomic E-state index is -3.22. The molecule has 0 N–H and O–H groups in total. The van der Waals surface area contributed by atoms with Gasteiger partial charge in [0.05, 0.1) is 26.3 Å². The van der Waals surface area contributed by atoms with Crippen molar-refractivity contribution >= 4 is 72.6 Å². The minimum Gasteiger partial charge on any atom is -0.456 e. The molecule has 2 aromatic heterocycles. The van der Waals surface area contributed by atoms with Gasteiger partial charge in [-0.05, 0) is 79.3 Å². The fraction of sp³-hybridized carbons (Fsp3) is 0. The third-order valence-corrected chi connectivity index (χ3v) is 17.1. The van der Waals surface area contributed by atoms with E-state index in [1.54, 1.807) is 10.6 Å². The Morgan fingerprint density at radius 1 is 0.365 bits per heavy atom. The molecule has 0 spiro atoms. The van der Waals surface area contributed by atoms with Crippen molar-refractivity contribution in [1.82, 2.24) is 4.57 Å². The van der Waals surface area contributed by atoms with Crippen molar-refractivity contribution in [1.29, 1.82) is 0 Å². The molecule has 10 aromatic carbocycles. The molecule has 0 aliphatic heterocycles. The highest BCUT2D eigenvalue weighted by Gasteiger charge is 2.42. The van der Waals surface area contributed by atoms with Gasteiger partial charge in [-0.1, -0.05) is 212 Å². The first kappa shape index (κ1) is 30.1. The molecule has 3 heteroatoms. The molecule has 0 radical (unpaired) electrons. The second kappa shape index (κ2) is 15.2. The number of fused-ring (bicyclic) bond motifs is 6. The van der Waals surface area contributed by atoms with Gasteiger partial charge in [-0.15, -0.1) is 0 Å². The molecule has 0 aliphatic rings. The Morgan fingerprint density at radius 3 is 1.48 bits per heavy atom. The summed E-state index contributed by atoms with van der Waals surface area (Å²) in [5, 5.41) is 6.53. The summed E-state index contributed by atoms with van der Waals surface area (Å²) in [7, 11) is -3.22. The molecule has 0 saturated carbocycles. The van der Waals surface area contributed by atoms with Crippen LogP contribution in [0.15, 0.2) is 253 Å². The Hall–Kier alpha value is -7.98. The number of aromatic nitrogens is 1. The average molecular weight is 827 g/mol. The molecule has 0 bridgehead atoms. The van der Waals surface area contributed by atoms with Gasteiger partial charge < -0.3 is 8.98 Å². The Balaban J connectivity index is 1.28. The zero-order chi connectivity index (χ0) is 47.8. The van der Waals surface area contributed by atoms with Gasteiger partial charge >= 0.3 is 0 Å². The van der Waals surface area contributed by atoms with Crippen molar-refractivity contribution in [2.45, 2.75) is 0 Å². The second-order valence-corrected chi connectivity index (χ2v) is 19.7. The van der Waals surface area contributed by atoms with E-state index in [9.17, 15) is 6.85 Å². The van der Waals surface area contributed by atoms with Crippen LogP contribution >= 0.6 is 0 Å². The van der Waals surface area contributed by atoms with E-state index in [4.69, 9.17) is 7.16 Å². The first-order valence-corrected chi connectivity index (χ1v) is 23.1. The number of rotatable bonds is 8. The summed E-state index contributed by atoms with van der Waals surface area (Å²) in [5.74, 6) is 0. The largest absolute Gasteiger partial charge is 0.456 e. The van der Waals surface area contributed by atoms with Crippen LogP contribution in [-0.2, 0) is 0 Å². The van der Waals surface area contributed by atoms with E-state index in [-0.39, 0.29) is 57.6 Å². The van der Waals surface area contributed by atoms with Crippen LogP contribution in [0.5, 0.6) is 0 Å². The van der Waals surface area contributed by atoms with Crippen LogP contribution in [0.25, 0.3) is 82.8 Å². The average Bonchev–Trinajstić information content (AvgIpc) is 3.97. The summed E-state index contributed by atoms with van der Waals surface area (Å²) in [4.78, 5) is 0. The van der Waals surface area contributed by atoms with E-state index in [0.717, 1.165) is 38.2 Å². The van der Waals surface area contributed by atoms with Crippen LogP contribution in [0.2, 0.25) is 0 Å². The molecule has 0 aliphatic carbocycles. The van der Waals surface area contributed by atoms with E-state index in [1.807, 2.05) is 115 Å². The van der Waals surface area contributed by atoms with Crippen molar-refractivity contribution in [3.8, 4) is 39.1 Å². The Morgan fingerprint density at radius 2 is 0.873 bits per heavy atom. The molecule has 0 saturated heterocycles. The van der Waals surface area contributed by atoms with E-state index in [2.05, 4.69) is 84.9 Å². The smallest absolute Gasteiger partial charge is 0.179 e. The molecule has 12 rings (SSSR count). The molecule has 12 aromatic rings. The Kier molecular flexibility index (Phi) is 7.25. The summed E-state index contributed by atoms with van der Waals surface area (Å²) in [6.45, 7) is 0. The molecular formula is C60H41NOSi. The first-order valence-electron chi connectivity index (χ1n) is 24.6. The fourth-order valence-corrected chi connectivity index (χ4v) is 14.4. The topological polar surface area (TPSA) is 18.1 Å². The maximum Gasteiger partial charge on any atom is 0.179 e. The molecule has 63 heavy (non-hydrogen) atoms. The highest BCUT2D eigenvalue weighted by atomic mass is 28.3. The van der Waals surface area contributed by atoms with Crippen molar-refractivity contribution < 1.29 is 14.0 Å². The van der Waals surface area contributed by atoms with Crippen molar-refractivity contribution in [2.24, 2.45) is 0 Å². The van der Waals surface area contributed by atoms with Gasteiger partial charge in [-0.25, -0.2) is 0 Å².